The molecule has 0 radical (unpaired) electrons. The van der Waals surface area contributed by atoms with Crippen molar-refractivity contribution in [3.63, 3.8) is 0 Å². The van der Waals surface area contributed by atoms with Crippen LogP contribution in [0.1, 0.15) is 45.4 Å². The predicted octanol–water partition coefficient (Wildman–Crippen LogP) is 1.71. The van der Waals surface area contributed by atoms with Crippen molar-refractivity contribution >= 4 is 6.03 Å². The van der Waals surface area contributed by atoms with Gasteiger partial charge in [-0.15, -0.1) is 0 Å². The fraction of sp³-hybridized carbons (Fsp3) is 0.923. The van der Waals surface area contributed by atoms with Crippen LogP contribution in [0.5, 0.6) is 0 Å². The Morgan fingerprint density at radius 1 is 1.12 bits per heavy atom. The maximum atomic E-state index is 11.9. The van der Waals surface area contributed by atoms with E-state index in [2.05, 4.69) is 17.6 Å². The molecule has 0 heterocycles. The Labute approximate surface area is 104 Å². The van der Waals surface area contributed by atoms with E-state index in [0.29, 0.717) is 18.1 Å². The Kier molecular flexibility index (Phi) is 4.26. The molecular formula is C13H25N3O. The van der Waals surface area contributed by atoms with Gasteiger partial charge in [0.15, 0.2) is 0 Å². The Hall–Kier alpha value is -0.770. The molecule has 4 nitrogen and oxygen atoms in total. The van der Waals surface area contributed by atoms with Gasteiger partial charge in [-0.3, -0.25) is 0 Å². The van der Waals surface area contributed by atoms with Crippen LogP contribution >= 0.6 is 0 Å². The molecule has 98 valence electrons. The molecule has 2 N–H and O–H groups in total. The maximum Gasteiger partial charge on any atom is 0.317 e. The van der Waals surface area contributed by atoms with Gasteiger partial charge in [0.05, 0.1) is 0 Å². The molecule has 0 aromatic rings. The fourth-order valence-corrected chi connectivity index (χ4v) is 2.63. The van der Waals surface area contributed by atoms with Gasteiger partial charge in [-0.2, -0.15) is 0 Å². The van der Waals surface area contributed by atoms with Crippen LogP contribution in [0.4, 0.5) is 4.79 Å². The minimum atomic E-state index is 0.124. The molecule has 0 aromatic carbocycles. The number of hydrogen-bond donors (Lipinski definition) is 2. The van der Waals surface area contributed by atoms with Crippen molar-refractivity contribution in [3.8, 4) is 0 Å². The second kappa shape index (κ2) is 5.71. The summed E-state index contributed by atoms with van der Waals surface area (Å²) in [6.45, 7) is 3.20. The first-order valence-corrected chi connectivity index (χ1v) is 6.97. The van der Waals surface area contributed by atoms with Gasteiger partial charge in [-0.1, -0.05) is 6.92 Å². The van der Waals surface area contributed by atoms with Crippen LogP contribution < -0.4 is 10.6 Å². The SMILES string of the molecule is CCNC1CCC(N(C)C(=O)NC2CC2)CC1. The molecule has 0 spiro atoms. The lowest BCUT2D eigenvalue weighted by atomic mass is 9.90. The van der Waals surface area contributed by atoms with Crippen molar-refractivity contribution in [2.24, 2.45) is 0 Å². The zero-order valence-corrected chi connectivity index (χ0v) is 11.0. The van der Waals surface area contributed by atoms with Gasteiger partial charge in [-0.25, -0.2) is 4.79 Å². The van der Waals surface area contributed by atoms with Gasteiger partial charge in [0.1, 0.15) is 0 Å². The Morgan fingerprint density at radius 2 is 1.71 bits per heavy atom. The lowest BCUT2D eigenvalue weighted by molar-refractivity contribution is 0.165. The van der Waals surface area contributed by atoms with Gasteiger partial charge < -0.3 is 15.5 Å². The highest BCUT2D eigenvalue weighted by Gasteiger charge is 2.29. The van der Waals surface area contributed by atoms with Crippen LogP contribution in [-0.2, 0) is 0 Å². The summed E-state index contributed by atoms with van der Waals surface area (Å²) in [4.78, 5) is 13.8. The normalized spacial score (nSPS) is 28.8. The van der Waals surface area contributed by atoms with E-state index < -0.39 is 0 Å². The molecule has 0 unspecified atom stereocenters. The number of amides is 2. The standard InChI is InChI=1S/C13H25N3O/c1-3-14-10-6-8-12(9-7-10)16(2)13(17)15-11-4-5-11/h10-12,14H,3-9H2,1-2H3,(H,15,17). The number of rotatable bonds is 4. The highest BCUT2D eigenvalue weighted by Crippen LogP contribution is 2.24. The Balaban J connectivity index is 1.72. The first kappa shape index (κ1) is 12.7. The summed E-state index contributed by atoms with van der Waals surface area (Å²) in [5.41, 5.74) is 0. The Morgan fingerprint density at radius 3 is 2.24 bits per heavy atom. The molecule has 2 saturated carbocycles. The van der Waals surface area contributed by atoms with Gasteiger partial charge in [0, 0.05) is 25.2 Å². The van der Waals surface area contributed by atoms with E-state index in [4.69, 9.17) is 0 Å². The summed E-state index contributed by atoms with van der Waals surface area (Å²) in [5.74, 6) is 0. The zero-order chi connectivity index (χ0) is 12.3. The van der Waals surface area contributed by atoms with E-state index in [0.717, 1.165) is 32.2 Å². The molecule has 2 aliphatic carbocycles. The lowest BCUT2D eigenvalue weighted by Crippen LogP contribution is -2.47. The second-order valence-electron chi connectivity index (χ2n) is 5.40. The zero-order valence-electron chi connectivity index (χ0n) is 11.0. The fourth-order valence-electron chi connectivity index (χ4n) is 2.63. The summed E-state index contributed by atoms with van der Waals surface area (Å²) < 4.78 is 0. The predicted molar refractivity (Wildman–Crippen MR) is 69.0 cm³/mol. The summed E-state index contributed by atoms with van der Waals surface area (Å²) in [6.07, 6.45) is 6.97. The monoisotopic (exact) mass is 239 g/mol. The lowest BCUT2D eigenvalue weighted by Gasteiger charge is -2.35. The van der Waals surface area contributed by atoms with Crippen molar-refractivity contribution in [3.05, 3.63) is 0 Å². The molecule has 2 aliphatic rings. The van der Waals surface area contributed by atoms with Gasteiger partial charge in [0.2, 0.25) is 0 Å². The maximum absolute atomic E-state index is 11.9. The van der Waals surface area contributed by atoms with Gasteiger partial charge in [0.25, 0.3) is 0 Å². The van der Waals surface area contributed by atoms with Gasteiger partial charge in [-0.05, 0) is 45.1 Å². The van der Waals surface area contributed by atoms with Crippen molar-refractivity contribution in [2.45, 2.75) is 63.6 Å². The number of carbonyl (C=O) groups excluding carboxylic acids is 1. The quantitative estimate of drug-likeness (QED) is 0.784. The summed E-state index contributed by atoms with van der Waals surface area (Å²) in [7, 11) is 1.94. The van der Waals surface area contributed by atoms with Gasteiger partial charge >= 0.3 is 6.03 Å². The first-order chi connectivity index (χ1) is 8.20. The topological polar surface area (TPSA) is 44.4 Å². The summed E-state index contributed by atoms with van der Waals surface area (Å²) >= 11 is 0. The average Bonchev–Trinajstić information content (AvgIpc) is 3.13. The highest BCUT2D eigenvalue weighted by molar-refractivity contribution is 5.74. The molecule has 2 rings (SSSR count). The number of carbonyl (C=O) groups is 1. The number of urea groups is 1. The molecule has 17 heavy (non-hydrogen) atoms. The molecule has 0 aliphatic heterocycles. The summed E-state index contributed by atoms with van der Waals surface area (Å²) in [5, 5.41) is 6.55. The van der Waals surface area contributed by atoms with Crippen LogP contribution in [0, 0.1) is 0 Å². The molecule has 0 atom stereocenters. The number of nitrogens with zero attached hydrogens (tertiary/aromatic N) is 1. The first-order valence-electron chi connectivity index (χ1n) is 6.97. The van der Waals surface area contributed by atoms with Crippen LogP contribution in [0.15, 0.2) is 0 Å². The van der Waals surface area contributed by atoms with E-state index >= 15 is 0 Å². The molecule has 2 fully saturated rings. The highest BCUT2D eigenvalue weighted by atomic mass is 16.2. The molecular weight excluding hydrogens is 214 g/mol. The van der Waals surface area contributed by atoms with Crippen molar-refractivity contribution in [1.29, 1.82) is 0 Å². The summed E-state index contributed by atoms with van der Waals surface area (Å²) in [6, 6.07) is 1.68. The Bertz CT molecular complexity index is 257. The van der Waals surface area contributed by atoms with Crippen molar-refractivity contribution < 1.29 is 4.79 Å². The van der Waals surface area contributed by atoms with E-state index in [9.17, 15) is 4.79 Å². The number of hydrogen-bond acceptors (Lipinski definition) is 2. The van der Waals surface area contributed by atoms with Crippen LogP contribution in [0.25, 0.3) is 0 Å². The van der Waals surface area contributed by atoms with Crippen LogP contribution in [-0.4, -0.2) is 42.6 Å². The van der Waals surface area contributed by atoms with Crippen molar-refractivity contribution in [2.75, 3.05) is 13.6 Å². The van der Waals surface area contributed by atoms with Crippen LogP contribution in [0.2, 0.25) is 0 Å². The molecule has 4 heteroatoms. The minimum Gasteiger partial charge on any atom is -0.335 e. The smallest absolute Gasteiger partial charge is 0.317 e. The molecule has 0 saturated heterocycles. The van der Waals surface area contributed by atoms with E-state index in [1.54, 1.807) is 0 Å². The minimum absolute atomic E-state index is 0.124. The third-order valence-corrected chi connectivity index (χ3v) is 3.96. The number of nitrogens with one attached hydrogen (secondary N) is 2. The molecule has 0 bridgehead atoms. The average molecular weight is 239 g/mol. The third kappa shape index (κ3) is 3.60. The van der Waals surface area contributed by atoms with E-state index in [1.807, 2.05) is 11.9 Å². The molecule has 0 aromatic heterocycles. The third-order valence-electron chi connectivity index (χ3n) is 3.96. The van der Waals surface area contributed by atoms with E-state index in [-0.39, 0.29) is 6.03 Å². The van der Waals surface area contributed by atoms with Crippen LogP contribution in [0.3, 0.4) is 0 Å². The van der Waals surface area contributed by atoms with E-state index in [1.165, 1.54) is 12.8 Å². The molecule has 2 amide bonds. The second-order valence-corrected chi connectivity index (χ2v) is 5.40. The van der Waals surface area contributed by atoms with Crippen molar-refractivity contribution in [1.82, 2.24) is 15.5 Å². The largest absolute Gasteiger partial charge is 0.335 e.